The standard InChI is InChI=1S/C8H6BrIO2/c1-4-6(9)3-2-5(7(4)10)8(11)12/h2-3H,1H3,(H,11,12). The average molecular weight is 341 g/mol. The van der Waals surface area contributed by atoms with Crippen LogP contribution < -0.4 is 0 Å². The van der Waals surface area contributed by atoms with Crippen LogP contribution in [0.2, 0.25) is 0 Å². The van der Waals surface area contributed by atoms with Gasteiger partial charge in [-0.25, -0.2) is 4.79 Å². The highest BCUT2D eigenvalue weighted by molar-refractivity contribution is 14.1. The smallest absolute Gasteiger partial charge is 0.336 e. The van der Waals surface area contributed by atoms with Crippen molar-refractivity contribution in [2.24, 2.45) is 0 Å². The Morgan fingerprint density at radius 3 is 2.67 bits per heavy atom. The molecule has 0 fully saturated rings. The van der Waals surface area contributed by atoms with Gasteiger partial charge in [0.05, 0.1) is 5.56 Å². The van der Waals surface area contributed by atoms with E-state index in [1.807, 2.05) is 29.5 Å². The fourth-order valence-corrected chi connectivity index (χ4v) is 2.23. The summed E-state index contributed by atoms with van der Waals surface area (Å²) < 4.78 is 1.73. The molecule has 12 heavy (non-hydrogen) atoms. The first-order valence-corrected chi connectivity index (χ1v) is 5.09. The summed E-state index contributed by atoms with van der Waals surface area (Å²) in [6.07, 6.45) is 0. The van der Waals surface area contributed by atoms with Crippen LogP contribution in [0.15, 0.2) is 16.6 Å². The molecule has 0 aliphatic carbocycles. The molecule has 0 spiro atoms. The van der Waals surface area contributed by atoms with E-state index in [0.717, 1.165) is 13.6 Å². The van der Waals surface area contributed by atoms with Crippen LogP contribution >= 0.6 is 38.5 Å². The van der Waals surface area contributed by atoms with Crippen molar-refractivity contribution in [3.8, 4) is 0 Å². The first-order chi connectivity index (χ1) is 5.54. The Morgan fingerprint density at radius 2 is 2.17 bits per heavy atom. The van der Waals surface area contributed by atoms with Crippen molar-refractivity contribution in [2.45, 2.75) is 6.92 Å². The summed E-state index contributed by atoms with van der Waals surface area (Å²) in [6, 6.07) is 3.35. The van der Waals surface area contributed by atoms with Crippen LogP contribution in [0.1, 0.15) is 15.9 Å². The van der Waals surface area contributed by atoms with E-state index in [0.29, 0.717) is 5.56 Å². The highest BCUT2D eigenvalue weighted by Crippen LogP contribution is 2.24. The number of benzene rings is 1. The number of hydrogen-bond acceptors (Lipinski definition) is 1. The number of rotatable bonds is 1. The van der Waals surface area contributed by atoms with Gasteiger partial charge in [-0.15, -0.1) is 0 Å². The lowest BCUT2D eigenvalue weighted by molar-refractivity contribution is 0.0695. The molecule has 0 bridgehead atoms. The van der Waals surface area contributed by atoms with Gasteiger partial charge in [0.1, 0.15) is 0 Å². The predicted molar refractivity (Wildman–Crippen MR) is 58.6 cm³/mol. The second-order valence-electron chi connectivity index (χ2n) is 2.34. The summed E-state index contributed by atoms with van der Waals surface area (Å²) >= 11 is 5.37. The van der Waals surface area contributed by atoms with E-state index in [4.69, 9.17) is 5.11 Å². The fraction of sp³-hybridized carbons (Fsp3) is 0.125. The first kappa shape index (κ1) is 9.98. The van der Waals surface area contributed by atoms with Gasteiger partial charge in [-0.05, 0) is 47.2 Å². The summed E-state index contributed by atoms with van der Waals surface area (Å²) in [7, 11) is 0. The summed E-state index contributed by atoms with van der Waals surface area (Å²) in [5.74, 6) is -0.880. The Hall–Kier alpha value is -0.100. The fourth-order valence-electron chi connectivity index (χ4n) is 0.827. The zero-order valence-corrected chi connectivity index (χ0v) is 10.0. The molecule has 0 heterocycles. The van der Waals surface area contributed by atoms with Crippen LogP contribution in [0, 0.1) is 10.5 Å². The summed E-state index contributed by atoms with van der Waals surface area (Å²) in [5, 5.41) is 8.76. The monoisotopic (exact) mass is 340 g/mol. The molecule has 1 rings (SSSR count). The van der Waals surface area contributed by atoms with Gasteiger partial charge in [-0.1, -0.05) is 15.9 Å². The van der Waals surface area contributed by atoms with Crippen LogP contribution in [0.3, 0.4) is 0 Å². The van der Waals surface area contributed by atoms with Gasteiger partial charge in [0, 0.05) is 8.04 Å². The Bertz CT molecular complexity index is 336. The van der Waals surface area contributed by atoms with E-state index in [9.17, 15) is 4.79 Å². The number of aromatic carboxylic acids is 1. The van der Waals surface area contributed by atoms with Crippen LogP contribution in [-0.4, -0.2) is 11.1 Å². The molecule has 1 aromatic rings. The lowest BCUT2D eigenvalue weighted by Crippen LogP contribution is -2.01. The molecule has 0 saturated heterocycles. The van der Waals surface area contributed by atoms with Crippen molar-refractivity contribution in [2.75, 3.05) is 0 Å². The summed E-state index contributed by atoms with van der Waals surface area (Å²) in [4.78, 5) is 10.7. The minimum atomic E-state index is -0.880. The van der Waals surface area contributed by atoms with Crippen LogP contribution in [-0.2, 0) is 0 Å². The largest absolute Gasteiger partial charge is 0.478 e. The van der Waals surface area contributed by atoms with E-state index in [1.54, 1.807) is 12.1 Å². The molecular weight excluding hydrogens is 335 g/mol. The number of carbonyl (C=O) groups is 1. The Kier molecular flexibility index (Phi) is 3.11. The Balaban J connectivity index is 3.36. The highest BCUT2D eigenvalue weighted by atomic mass is 127. The third-order valence-corrected chi connectivity index (χ3v) is 3.80. The second-order valence-corrected chi connectivity index (χ2v) is 4.27. The van der Waals surface area contributed by atoms with Gasteiger partial charge in [0.2, 0.25) is 0 Å². The van der Waals surface area contributed by atoms with E-state index in [1.165, 1.54) is 0 Å². The minimum absolute atomic E-state index is 0.358. The number of halogens is 2. The maximum absolute atomic E-state index is 10.7. The Morgan fingerprint density at radius 1 is 1.58 bits per heavy atom. The van der Waals surface area contributed by atoms with Gasteiger partial charge in [-0.2, -0.15) is 0 Å². The maximum Gasteiger partial charge on any atom is 0.336 e. The van der Waals surface area contributed by atoms with Crippen molar-refractivity contribution in [3.05, 3.63) is 31.3 Å². The number of carboxylic acids is 1. The molecule has 0 aromatic heterocycles. The number of carboxylic acid groups (broad SMARTS) is 1. The molecule has 0 aliphatic heterocycles. The van der Waals surface area contributed by atoms with Gasteiger partial charge in [0.25, 0.3) is 0 Å². The third-order valence-electron chi connectivity index (χ3n) is 1.55. The summed E-state index contributed by atoms with van der Waals surface area (Å²) in [5.41, 5.74) is 1.33. The van der Waals surface area contributed by atoms with E-state index in [2.05, 4.69) is 15.9 Å². The quantitative estimate of drug-likeness (QED) is 0.798. The van der Waals surface area contributed by atoms with Crippen LogP contribution in [0.4, 0.5) is 0 Å². The Labute approximate surface area is 92.2 Å². The van der Waals surface area contributed by atoms with E-state index < -0.39 is 5.97 Å². The van der Waals surface area contributed by atoms with Crippen molar-refractivity contribution < 1.29 is 9.90 Å². The zero-order valence-electron chi connectivity index (χ0n) is 6.27. The zero-order chi connectivity index (χ0) is 9.30. The van der Waals surface area contributed by atoms with Gasteiger partial charge >= 0.3 is 5.97 Å². The average Bonchev–Trinajstić information content (AvgIpc) is 2.00. The molecule has 0 amide bonds. The topological polar surface area (TPSA) is 37.3 Å². The van der Waals surface area contributed by atoms with Gasteiger partial charge in [-0.3, -0.25) is 0 Å². The SMILES string of the molecule is Cc1c(Br)ccc(C(=O)O)c1I. The molecule has 0 aliphatic rings. The molecule has 0 atom stereocenters. The molecule has 0 radical (unpaired) electrons. The second kappa shape index (κ2) is 3.74. The van der Waals surface area contributed by atoms with Crippen molar-refractivity contribution in [3.63, 3.8) is 0 Å². The first-order valence-electron chi connectivity index (χ1n) is 3.22. The van der Waals surface area contributed by atoms with Crippen molar-refractivity contribution >= 4 is 44.5 Å². The normalized spacial score (nSPS) is 9.92. The molecule has 1 N–H and O–H groups in total. The molecule has 0 unspecified atom stereocenters. The van der Waals surface area contributed by atoms with E-state index >= 15 is 0 Å². The number of hydrogen-bond donors (Lipinski definition) is 1. The lowest BCUT2D eigenvalue weighted by Gasteiger charge is -2.04. The minimum Gasteiger partial charge on any atom is -0.478 e. The van der Waals surface area contributed by atoms with Gasteiger partial charge in [0.15, 0.2) is 0 Å². The molecule has 2 nitrogen and oxygen atoms in total. The van der Waals surface area contributed by atoms with Crippen molar-refractivity contribution in [1.29, 1.82) is 0 Å². The maximum atomic E-state index is 10.7. The third kappa shape index (κ3) is 1.80. The van der Waals surface area contributed by atoms with E-state index in [-0.39, 0.29) is 0 Å². The highest BCUT2D eigenvalue weighted by Gasteiger charge is 2.10. The van der Waals surface area contributed by atoms with Crippen LogP contribution in [0.5, 0.6) is 0 Å². The van der Waals surface area contributed by atoms with Gasteiger partial charge < -0.3 is 5.11 Å². The predicted octanol–water partition coefficient (Wildman–Crippen LogP) is 3.06. The van der Waals surface area contributed by atoms with Crippen LogP contribution in [0.25, 0.3) is 0 Å². The summed E-state index contributed by atoms with van der Waals surface area (Å²) in [6.45, 7) is 1.89. The molecule has 1 aromatic carbocycles. The molecule has 64 valence electrons. The lowest BCUT2D eigenvalue weighted by atomic mass is 10.1. The molecule has 4 heteroatoms. The van der Waals surface area contributed by atoms with Crippen molar-refractivity contribution in [1.82, 2.24) is 0 Å². The molecular formula is C8H6BrIO2. The molecule has 0 saturated carbocycles.